The molecule has 0 saturated heterocycles. The first kappa shape index (κ1) is 20.6. The number of nitrogens with one attached hydrogen (secondary N) is 1. The molecule has 3 unspecified atom stereocenters. The number of benzene rings is 1. The van der Waals surface area contributed by atoms with Crippen LogP contribution in [0.1, 0.15) is 76.0 Å². The summed E-state index contributed by atoms with van der Waals surface area (Å²) in [4.78, 5) is 22.6. The lowest BCUT2D eigenvalue weighted by atomic mass is 9.49. The molecule has 0 aliphatic heterocycles. The van der Waals surface area contributed by atoms with Crippen LogP contribution < -0.4 is 5.32 Å². The molecular weight excluding hydrogens is 350 g/mol. The Morgan fingerprint density at radius 3 is 2.68 bits per heavy atom. The second-order valence-electron chi connectivity index (χ2n) is 9.48. The zero-order valence-corrected chi connectivity index (χ0v) is 17.5. The molecule has 1 aromatic rings. The van der Waals surface area contributed by atoms with Gasteiger partial charge in [-0.25, -0.2) is 4.79 Å². The molecule has 2 N–H and O–H groups in total. The molecule has 0 bridgehead atoms. The van der Waals surface area contributed by atoms with Crippen molar-refractivity contribution >= 4 is 11.9 Å². The van der Waals surface area contributed by atoms with Crippen molar-refractivity contribution in [3.63, 3.8) is 0 Å². The number of fused-ring (bicyclic) bond motifs is 3. The normalized spacial score (nSPS) is 29.4. The van der Waals surface area contributed by atoms with E-state index in [-0.39, 0.29) is 16.7 Å². The molecular formula is C24H33NO3. The first-order valence-electron chi connectivity index (χ1n) is 10.5. The van der Waals surface area contributed by atoms with Crippen molar-refractivity contribution in [3.05, 3.63) is 47.0 Å². The number of rotatable bonds is 5. The van der Waals surface area contributed by atoms with Gasteiger partial charge in [-0.2, -0.15) is 0 Å². The quantitative estimate of drug-likeness (QED) is 0.732. The Morgan fingerprint density at radius 2 is 2.00 bits per heavy atom. The average Bonchev–Trinajstić information content (AvgIpc) is 2.64. The summed E-state index contributed by atoms with van der Waals surface area (Å²) in [5.74, 6) is -0.374. The molecule has 1 fully saturated rings. The molecule has 0 aromatic heterocycles. The SMILES string of the molecule is CC(C)c1ccc2c(c1)CCC1C(C)(CNC(=O)C=CC(=O)O)CCCC21C. The number of carbonyl (C=O) groups is 2. The van der Waals surface area contributed by atoms with Crippen molar-refractivity contribution in [2.45, 2.75) is 71.1 Å². The smallest absolute Gasteiger partial charge is 0.328 e. The van der Waals surface area contributed by atoms with Crippen molar-refractivity contribution in [1.82, 2.24) is 5.32 Å². The highest BCUT2D eigenvalue weighted by molar-refractivity contribution is 5.93. The third-order valence-corrected chi connectivity index (χ3v) is 7.21. The van der Waals surface area contributed by atoms with Gasteiger partial charge in [-0.1, -0.05) is 52.3 Å². The summed E-state index contributed by atoms with van der Waals surface area (Å²) >= 11 is 0. The zero-order valence-electron chi connectivity index (χ0n) is 17.5. The lowest BCUT2D eigenvalue weighted by Gasteiger charge is -2.55. The standard InChI is InChI=1S/C24H33NO3/c1-16(2)17-6-8-19-18(14-17)7-9-20-23(3,12-5-13-24(19,20)4)15-25-21(26)10-11-22(27)28/h6,8,10-11,14,16,20H,5,7,9,12-13,15H2,1-4H3,(H,25,26)(H,27,28). The van der Waals surface area contributed by atoms with Gasteiger partial charge in [-0.05, 0) is 65.0 Å². The van der Waals surface area contributed by atoms with Crippen LogP contribution in [0.3, 0.4) is 0 Å². The van der Waals surface area contributed by atoms with Crippen molar-refractivity contribution in [2.24, 2.45) is 11.3 Å². The minimum absolute atomic E-state index is 0.0220. The fourth-order valence-corrected chi connectivity index (χ4v) is 5.71. The van der Waals surface area contributed by atoms with Gasteiger partial charge in [0.2, 0.25) is 5.91 Å². The van der Waals surface area contributed by atoms with Crippen LogP contribution in [0.2, 0.25) is 0 Å². The maximum absolute atomic E-state index is 12.0. The third-order valence-electron chi connectivity index (χ3n) is 7.21. The van der Waals surface area contributed by atoms with Gasteiger partial charge >= 0.3 is 5.97 Å². The van der Waals surface area contributed by atoms with Crippen LogP contribution in [0.5, 0.6) is 0 Å². The maximum atomic E-state index is 12.0. The van der Waals surface area contributed by atoms with E-state index in [2.05, 4.69) is 51.2 Å². The Bertz CT molecular complexity index is 797. The van der Waals surface area contributed by atoms with Crippen LogP contribution in [-0.4, -0.2) is 23.5 Å². The van der Waals surface area contributed by atoms with E-state index < -0.39 is 5.97 Å². The molecule has 2 aliphatic rings. The summed E-state index contributed by atoms with van der Waals surface area (Å²) in [6, 6.07) is 7.06. The summed E-state index contributed by atoms with van der Waals surface area (Å²) in [5, 5.41) is 11.7. The molecule has 4 nitrogen and oxygen atoms in total. The predicted octanol–water partition coefficient (Wildman–Crippen LogP) is 4.58. The zero-order chi connectivity index (χ0) is 20.5. The summed E-state index contributed by atoms with van der Waals surface area (Å²) < 4.78 is 0. The van der Waals surface area contributed by atoms with Gasteiger partial charge in [-0.15, -0.1) is 0 Å². The number of carboxylic acids is 1. The van der Waals surface area contributed by atoms with E-state index in [0.717, 1.165) is 37.8 Å². The Morgan fingerprint density at radius 1 is 1.25 bits per heavy atom. The van der Waals surface area contributed by atoms with Crippen molar-refractivity contribution in [3.8, 4) is 0 Å². The summed E-state index contributed by atoms with van der Waals surface area (Å²) in [6.07, 6.45) is 7.67. The number of amides is 1. The first-order valence-corrected chi connectivity index (χ1v) is 10.5. The van der Waals surface area contributed by atoms with Crippen molar-refractivity contribution < 1.29 is 14.7 Å². The van der Waals surface area contributed by atoms with E-state index in [1.54, 1.807) is 0 Å². The minimum Gasteiger partial charge on any atom is -0.478 e. The van der Waals surface area contributed by atoms with Gasteiger partial charge in [0.15, 0.2) is 0 Å². The topological polar surface area (TPSA) is 66.4 Å². The number of hydrogen-bond donors (Lipinski definition) is 2. The summed E-state index contributed by atoms with van der Waals surface area (Å²) in [6.45, 7) is 9.79. The largest absolute Gasteiger partial charge is 0.478 e. The molecule has 152 valence electrons. The minimum atomic E-state index is -1.10. The van der Waals surface area contributed by atoms with E-state index in [1.807, 2.05) is 0 Å². The Labute approximate surface area is 168 Å². The maximum Gasteiger partial charge on any atom is 0.328 e. The Balaban J connectivity index is 1.82. The van der Waals surface area contributed by atoms with Gasteiger partial charge in [0.25, 0.3) is 0 Å². The highest BCUT2D eigenvalue weighted by Gasteiger charge is 2.51. The fraction of sp³-hybridized carbons (Fsp3) is 0.583. The second-order valence-corrected chi connectivity index (χ2v) is 9.48. The van der Waals surface area contributed by atoms with Crippen LogP contribution in [0.15, 0.2) is 30.4 Å². The van der Waals surface area contributed by atoms with E-state index in [1.165, 1.54) is 23.1 Å². The Hall–Kier alpha value is -2.10. The number of aryl methyl sites for hydroxylation is 1. The first-order chi connectivity index (χ1) is 13.2. The monoisotopic (exact) mass is 383 g/mol. The van der Waals surface area contributed by atoms with Gasteiger partial charge in [-0.3, -0.25) is 4.79 Å². The highest BCUT2D eigenvalue weighted by Crippen LogP contribution is 2.57. The molecule has 1 aromatic carbocycles. The number of carboxylic acid groups (broad SMARTS) is 1. The predicted molar refractivity (Wildman–Crippen MR) is 111 cm³/mol. The number of carbonyl (C=O) groups excluding carboxylic acids is 1. The lowest BCUT2D eigenvalue weighted by Crippen LogP contribution is -2.53. The number of aliphatic carboxylic acids is 1. The van der Waals surface area contributed by atoms with E-state index >= 15 is 0 Å². The van der Waals surface area contributed by atoms with Crippen molar-refractivity contribution in [2.75, 3.05) is 6.54 Å². The molecule has 0 heterocycles. The summed E-state index contributed by atoms with van der Waals surface area (Å²) in [7, 11) is 0. The van der Waals surface area contributed by atoms with Crippen LogP contribution >= 0.6 is 0 Å². The van der Waals surface area contributed by atoms with Crippen LogP contribution in [-0.2, 0) is 21.4 Å². The third kappa shape index (κ3) is 3.87. The molecule has 1 amide bonds. The molecule has 0 radical (unpaired) electrons. The molecule has 1 saturated carbocycles. The lowest BCUT2D eigenvalue weighted by molar-refractivity contribution is -0.131. The van der Waals surface area contributed by atoms with Gasteiger partial charge < -0.3 is 10.4 Å². The van der Waals surface area contributed by atoms with E-state index in [4.69, 9.17) is 5.11 Å². The highest BCUT2D eigenvalue weighted by atomic mass is 16.4. The van der Waals surface area contributed by atoms with Crippen molar-refractivity contribution in [1.29, 1.82) is 0 Å². The molecule has 3 rings (SSSR count). The van der Waals surface area contributed by atoms with Gasteiger partial charge in [0.05, 0.1) is 0 Å². The van der Waals surface area contributed by atoms with Crippen LogP contribution in [0.4, 0.5) is 0 Å². The van der Waals surface area contributed by atoms with Gasteiger partial charge in [0, 0.05) is 18.7 Å². The van der Waals surface area contributed by atoms with E-state index in [9.17, 15) is 9.59 Å². The fourth-order valence-electron chi connectivity index (χ4n) is 5.71. The molecule has 28 heavy (non-hydrogen) atoms. The van der Waals surface area contributed by atoms with Crippen LogP contribution in [0.25, 0.3) is 0 Å². The van der Waals surface area contributed by atoms with E-state index in [0.29, 0.717) is 18.4 Å². The molecule has 0 spiro atoms. The van der Waals surface area contributed by atoms with Gasteiger partial charge in [0.1, 0.15) is 0 Å². The summed E-state index contributed by atoms with van der Waals surface area (Å²) in [5.41, 5.74) is 4.57. The number of hydrogen-bond acceptors (Lipinski definition) is 2. The Kier molecular flexibility index (Phi) is 5.69. The molecule has 2 aliphatic carbocycles. The molecule has 4 heteroatoms. The second kappa shape index (κ2) is 7.73. The average molecular weight is 384 g/mol. The molecule has 3 atom stereocenters. The van der Waals surface area contributed by atoms with Crippen LogP contribution in [0, 0.1) is 11.3 Å².